The Morgan fingerprint density at radius 3 is 2.60 bits per heavy atom. The number of amides is 1. The number of aromatic nitrogens is 4. The molecular weight excluding hydrogens is 322 g/mol. The Kier molecular flexibility index (Phi) is 4.12. The van der Waals surface area contributed by atoms with E-state index in [9.17, 15) is 14.4 Å². The topological polar surface area (TPSA) is 90.1 Å². The first-order chi connectivity index (χ1) is 11.8. The molecule has 130 valence electrons. The van der Waals surface area contributed by atoms with Crippen LogP contribution in [-0.2, 0) is 11.3 Å². The maximum Gasteiger partial charge on any atom is 0.372 e. The molecule has 3 rings (SSSR count). The average molecular weight is 341 g/mol. The smallest absolute Gasteiger partial charge is 0.298 e. The molecule has 2 heterocycles. The zero-order chi connectivity index (χ0) is 18.2. The minimum atomic E-state index is -0.727. The quantitative estimate of drug-likeness (QED) is 0.793. The number of benzene rings is 1. The Labute approximate surface area is 144 Å². The Bertz CT molecular complexity index is 922. The van der Waals surface area contributed by atoms with E-state index >= 15 is 0 Å². The highest BCUT2D eigenvalue weighted by Crippen LogP contribution is 2.34. The molecule has 0 radical (unpaired) electrons. The summed E-state index contributed by atoms with van der Waals surface area (Å²) in [6.07, 6.45) is 4.12. The molecular formula is C17H19N5O3. The number of carbonyl (C=O) groups excluding carboxylic acids is 2. The summed E-state index contributed by atoms with van der Waals surface area (Å²) in [4.78, 5) is 38.5. The maximum atomic E-state index is 13.0. The lowest BCUT2D eigenvalue weighted by molar-refractivity contribution is -0.119. The van der Waals surface area contributed by atoms with E-state index in [2.05, 4.69) is 10.4 Å². The van der Waals surface area contributed by atoms with Crippen LogP contribution in [0, 0.1) is 0 Å². The van der Waals surface area contributed by atoms with Gasteiger partial charge < -0.3 is 0 Å². The van der Waals surface area contributed by atoms with Gasteiger partial charge in [0.05, 0.1) is 11.2 Å². The first kappa shape index (κ1) is 16.8. The van der Waals surface area contributed by atoms with Crippen LogP contribution in [0.4, 0.5) is 10.5 Å². The Morgan fingerprint density at radius 2 is 1.88 bits per heavy atom. The third kappa shape index (κ3) is 2.90. The minimum absolute atomic E-state index is 0.159. The van der Waals surface area contributed by atoms with Crippen molar-refractivity contribution < 1.29 is 9.59 Å². The molecule has 1 amide bonds. The fourth-order valence-corrected chi connectivity index (χ4v) is 2.73. The number of hydrogen-bond acceptors (Lipinski definition) is 5. The molecule has 0 spiro atoms. The van der Waals surface area contributed by atoms with Crippen molar-refractivity contribution in [3.05, 3.63) is 46.4 Å². The first-order valence-corrected chi connectivity index (χ1v) is 8.02. The van der Waals surface area contributed by atoms with Crippen molar-refractivity contribution in [3.63, 3.8) is 0 Å². The van der Waals surface area contributed by atoms with Gasteiger partial charge in [-0.1, -0.05) is 37.3 Å². The zero-order valence-electron chi connectivity index (χ0n) is 14.3. The standard InChI is InChI=1S/C17H19N5O3/c1-4-13(23)11-20-15(24)22(19-18-20)16(25)21-14-8-6-5-7-12(14)9-10-17(21,2)3/h5-10H,4,11H2,1-3H3. The van der Waals surface area contributed by atoms with E-state index in [1.54, 1.807) is 6.92 Å². The highest BCUT2D eigenvalue weighted by molar-refractivity contribution is 5.98. The Hall–Kier alpha value is -3.03. The van der Waals surface area contributed by atoms with Crippen molar-refractivity contribution in [1.29, 1.82) is 0 Å². The monoisotopic (exact) mass is 341 g/mol. The van der Waals surface area contributed by atoms with Gasteiger partial charge in [-0.05, 0) is 35.9 Å². The number of fused-ring (bicyclic) bond motifs is 1. The van der Waals surface area contributed by atoms with Crippen LogP contribution in [-0.4, -0.2) is 37.1 Å². The maximum absolute atomic E-state index is 13.0. The van der Waals surface area contributed by atoms with Crippen molar-refractivity contribution in [2.24, 2.45) is 0 Å². The summed E-state index contributed by atoms with van der Waals surface area (Å²) >= 11 is 0. The van der Waals surface area contributed by atoms with Crippen molar-refractivity contribution in [3.8, 4) is 0 Å². The van der Waals surface area contributed by atoms with E-state index < -0.39 is 17.3 Å². The van der Waals surface area contributed by atoms with E-state index in [1.165, 1.54) is 4.90 Å². The molecule has 0 fully saturated rings. The van der Waals surface area contributed by atoms with Gasteiger partial charge in [0.15, 0.2) is 5.78 Å². The molecule has 1 aromatic carbocycles. The lowest BCUT2D eigenvalue weighted by atomic mass is 9.94. The fraction of sp³-hybridized carbons (Fsp3) is 0.353. The number of nitrogens with zero attached hydrogens (tertiary/aromatic N) is 5. The summed E-state index contributed by atoms with van der Waals surface area (Å²) in [6, 6.07) is 6.80. The molecule has 8 nitrogen and oxygen atoms in total. The van der Waals surface area contributed by atoms with Gasteiger partial charge >= 0.3 is 11.7 Å². The third-order valence-electron chi connectivity index (χ3n) is 4.16. The first-order valence-electron chi connectivity index (χ1n) is 8.02. The van der Waals surface area contributed by atoms with Gasteiger partial charge in [0, 0.05) is 6.42 Å². The average Bonchev–Trinajstić information content (AvgIpc) is 2.94. The normalized spacial score (nSPS) is 15.1. The number of carbonyl (C=O) groups is 2. The number of ketones is 1. The Balaban J connectivity index is 2.02. The van der Waals surface area contributed by atoms with E-state index in [0.717, 1.165) is 10.2 Å². The molecule has 0 N–H and O–H groups in total. The third-order valence-corrected chi connectivity index (χ3v) is 4.16. The van der Waals surface area contributed by atoms with Crippen molar-refractivity contribution >= 4 is 23.6 Å². The number of Topliss-reactive ketones (excluding diaryl/α,β-unsaturated/α-hetero) is 1. The molecule has 25 heavy (non-hydrogen) atoms. The summed E-state index contributed by atoms with van der Waals surface area (Å²) in [5, 5.41) is 7.32. The molecule has 2 aromatic rings. The van der Waals surface area contributed by atoms with Crippen LogP contribution in [0.1, 0.15) is 32.8 Å². The SMILES string of the molecule is CCC(=O)Cn1nnn(C(=O)N2c3ccccc3C=CC2(C)C)c1=O. The molecule has 0 saturated carbocycles. The van der Waals surface area contributed by atoms with Gasteiger partial charge in [0.25, 0.3) is 0 Å². The second-order valence-corrected chi connectivity index (χ2v) is 6.39. The van der Waals surface area contributed by atoms with Crippen molar-refractivity contribution in [1.82, 2.24) is 19.8 Å². The summed E-state index contributed by atoms with van der Waals surface area (Å²) < 4.78 is 1.60. The molecule has 1 aromatic heterocycles. The van der Waals surface area contributed by atoms with Crippen LogP contribution in [0.5, 0.6) is 0 Å². The fourth-order valence-electron chi connectivity index (χ4n) is 2.73. The summed E-state index contributed by atoms with van der Waals surface area (Å²) in [5.74, 6) is -0.159. The number of para-hydroxylation sites is 1. The van der Waals surface area contributed by atoms with Gasteiger partial charge in [0.1, 0.15) is 6.54 Å². The van der Waals surface area contributed by atoms with E-state index in [-0.39, 0.29) is 18.7 Å². The number of hydrogen-bond donors (Lipinski definition) is 0. The van der Waals surface area contributed by atoms with Crippen LogP contribution < -0.4 is 10.6 Å². The lowest BCUT2D eigenvalue weighted by Gasteiger charge is -2.39. The van der Waals surface area contributed by atoms with Crippen LogP contribution in [0.15, 0.2) is 35.1 Å². The largest absolute Gasteiger partial charge is 0.372 e. The molecule has 0 bridgehead atoms. The highest BCUT2D eigenvalue weighted by atomic mass is 16.2. The zero-order valence-corrected chi connectivity index (χ0v) is 14.3. The molecule has 0 atom stereocenters. The number of tetrazole rings is 1. The van der Waals surface area contributed by atoms with Crippen molar-refractivity contribution in [2.75, 3.05) is 4.90 Å². The van der Waals surface area contributed by atoms with Crippen molar-refractivity contribution in [2.45, 2.75) is 39.3 Å². The molecule has 0 aliphatic carbocycles. The number of rotatable bonds is 3. The second-order valence-electron chi connectivity index (χ2n) is 6.39. The predicted octanol–water partition coefficient (Wildman–Crippen LogP) is 1.70. The van der Waals surface area contributed by atoms with Crippen LogP contribution in [0.25, 0.3) is 6.08 Å². The van der Waals surface area contributed by atoms with Crippen LogP contribution in [0.3, 0.4) is 0 Å². The van der Waals surface area contributed by atoms with Crippen LogP contribution >= 0.6 is 0 Å². The van der Waals surface area contributed by atoms with Gasteiger partial charge in [-0.25, -0.2) is 9.59 Å². The van der Waals surface area contributed by atoms with Gasteiger partial charge in [-0.3, -0.25) is 9.69 Å². The highest BCUT2D eigenvalue weighted by Gasteiger charge is 2.36. The number of anilines is 1. The molecule has 1 aliphatic rings. The Morgan fingerprint density at radius 1 is 1.16 bits per heavy atom. The van der Waals surface area contributed by atoms with E-state index in [0.29, 0.717) is 10.4 Å². The van der Waals surface area contributed by atoms with E-state index in [4.69, 9.17) is 0 Å². The lowest BCUT2D eigenvalue weighted by Crippen LogP contribution is -2.52. The van der Waals surface area contributed by atoms with Gasteiger partial charge in [-0.2, -0.15) is 4.68 Å². The second kappa shape index (κ2) is 6.12. The predicted molar refractivity (Wildman–Crippen MR) is 92.4 cm³/mol. The minimum Gasteiger partial charge on any atom is -0.298 e. The molecule has 1 aliphatic heterocycles. The summed E-state index contributed by atoms with van der Waals surface area (Å²) in [7, 11) is 0. The summed E-state index contributed by atoms with van der Waals surface area (Å²) in [5.41, 5.74) is 0.186. The molecule has 8 heteroatoms. The van der Waals surface area contributed by atoms with E-state index in [1.807, 2.05) is 50.3 Å². The molecule has 0 unspecified atom stereocenters. The summed E-state index contributed by atoms with van der Waals surface area (Å²) in [6.45, 7) is 5.24. The molecule has 0 saturated heterocycles. The van der Waals surface area contributed by atoms with Gasteiger partial charge in [0.2, 0.25) is 0 Å². The van der Waals surface area contributed by atoms with Gasteiger partial charge in [-0.15, -0.1) is 4.68 Å². The van der Waals surface area contributed by atoms with Crippen LogP contribution in [0.2, 0.25) is 0 Å².